The molecular formula is C24H28N4O3. The number of carbonyl (C=O) groups is 2. The number of nitrogens with one attached hydrogen (secondary N) is 2. The zero-order valence-corrected chi connectivity index (χ0v) is 17.6. The molecule has 0 fully saturated rings. The number of ether oxygens (including phenoxy) is 1. The van der Waals surface area contributed by atoms with Gasteiger partial charge in [-0.25, -0.2) is 4.79 Å². The highest BCUT2D eigenvalue weighted by Gasteiger charge is 2.22. The van der Waals surface area contributed by atoms with Crippen molar-refractivity contribution < 1.29 is 14.3 Å². The molecule has 2 atom stereocenters. The molecule has 0 radical (unpaired) electrons. The molecule has 2 aromatic carbocycles. The SMILES string of the molecule is CC(CNC(=O)C(Cc1ccccc1)NC(=O)OCc1ccccc1)Cn1cccn1. The van der Waals surface area contributed by atoms with E-state index in [2.05, 4.69) is 15.7 Å². The van der Waals surface area contributed by atoms with Crippen LogP contribution in [-0.2, 0) is 29.1 Å². The van der Waals surface area contributed by atoms with Crippen molar-refractivity contribution in [3.05, 3.63) is 90.3 Å². The Balaban J connectivity index is 1.55. The minimum absolute atomic E-state index is 0.146. The molecule has 7 nitrogen and oxygen atoms in total. The van der Waals surface area contributed by atoms with E-state index in [4.69, 9.17) is 4.74 Å². The second-order valence-corrected chi connectivity index (χ2v) is 7.53. The van der Waals surface area contributed by atoms with Gasteiger partial charge in [-0.1, -0.05) is 67.6 Å². The van der Waals surface area contributed by atoms with Crippen LogP contribution in [0.5, 0.6) is 0 Å². The van der Waals surface area contributed by atoms with Crippen molar-refractivity contribution in [2.75, 3.05) is 6.54 Å². The van der Waals surface area contributed by atoms with Gasteiger partial charge in [0, 0.05) is 31.9 Å². The minimum atomic E-state index is -0.734. The average molecular weight is 421 g/mol. The number of carbonyl (C=O) groups excluding carboxylic acids is 2. The van der Waals surface area contributed by atoms with Crippen LogP contribution in [0.4, 0.5) is 4.79 Å². The van der Waals surface area contributed by atoms with Crippen LogP contribution in [0.1, 0.15) is 18.1 Å². The summed E-state index contributed by atoms with van der Waals surface area (Å²) in [5.41, 5.74) is 1.84. The third-order valence-electron chi connectivity index (χ3n) is 4.79. The van der Waals surface area contributed by atoms with Gasteiger partial charge in [0.25, 0.3) is 0 Å². The maximum atomic E-state index is 12.9. The normalized spacial score (nSPS) is 12.5. The summed E-state index contributed by atoms with van der Waals surface area (Å²) in [7, 11) is 0. The fraction of sp³-hybridized carbons (Fsp3) is 0.292. The Morgan fingerprint density at radius 1 is 1.00 bits per heavy atom. The molecule has 2 N–H and O–H groups in total. The van der Waals surface area contributed by atoms with E-state index in [1.807, 2.05) is 84.5 Å². The summed E-state index contributed by atoms with van der Waals surface area (Å²) in [5, 5.41) is 9.85. The lowest BCUT2D eigenvalue weighted by atomic mass is 10.0. The smallest absolute Gasteiger partial charge is 0.408 e. The molecule has 31 heavy (non-hydrogen) atoms. The Bertz CT molecular complexity index is 930. The lowest BCUT2D eigenvalue weighted by Gasteiger charge is -2.20. The molecule has 0 aliphatic rings. The van der Waals surface area contributed by atoms with Gasteiger partial charge in [-0.05, 0) is 23.1 Å². The monoisotopic (exact) mass is 420 g/mol. The van der Waals surface area contributed by atoms with Crippen LogP contribution in [0, 0.1) is 5.92 Å². The molecule has 2 unspecified atom stereocenters. The minimum Gasteiger partial charge on any atom is -0.445 e. The maximum absolute atomic E-state index is 12.9. The van der Waals surface area contributed by atoms with E-state index in [-0.39, 0.29) is 18.4 Å². The summed E-state index contributed by atoms with van der Waals surface area (Å²) in [5.74, 6) is -0.0564. The zero-order chi connectivity index (χ0) is 21.9. The van der Waals surface area contributed by atoms with Crippen molar-refractivity contribution in [1.29, 1.82) is 0 Å². The highest BCUT2D eigenvalue weighted by molar-refractivity contribution is 5.85. The molecule has 3 rings (SSSR count). The van der Waals surface area contributed by atoms with Crippen molar-refractivity contribution in [2.45, 2.75) is 32.5 Å². The van der Waals surface area contributed by atoms with E-state index in [9.17, 15) is 9.59 Å². The molecule has 0 aliphatic heterocycles. The standard InChI is InChI=1S/C24H28N4O3/c1-19(17-28-14-8-13-26-28)16-25-23(29)22(15-20-9-4-2-5-10-20)27-24(30)31-18-21-11-6-3-7-12-21/h2-14,19,22H,15-18H2,1H3,(H,25,29)(H,27,30). The molecule has 0 saturated carbocycles. The average Bonchev–Trinajstić information content (AvgIpc) is 3.30. The first-order valence-corrected chi connectivity index (χ1v) is 10.4. The number of aromatic nitrogens is 2. The van der Waals surface area contributed by atoms with Crippen molar-refractivity contribution >= 4 is 12.0 Å². The number of benzene rings is 2. The van der Waals surface area contributed by atoms with Gasteiger partial charge < -0.3 is 15.4 Å². The maximum Gasteiger partial charge on any atom is 0.408 e. The van der Waals surface area contributed by atoms with Gasteiger partial charge in [-0.2, -0.15) is 5.10 Å². The molecule has 1 aromatic heterocycles. The van der Waals surface area contributed by atoms with Crippen LogP contribution in [0.15, 0.2) is 79.1 Å². The van der Waals surface area contributed by atoms with E-state index < -0.39 is 12.1 Å². The molecule has 162 valence electrons. The van der Waals surface area contributed by atoms with E-state index in [1.54, 1.807) is 6.20 Å². The molecule has 0 aliphatic carbocycles. The third-order valence-corrected chi connectivity index (χ3v) is 4.79. The molecular weight excluding hydrogens is 392 g/mol. The van der Waals surface area contributed by atoms with Crippen LogP contribution in [0.25, 0.3) is 0 Å². The van der Waals surface area contributed by atoms with Crippen LogP contribution < -0.4 is 10.6 Å². The molecule has 0 bridgehead atoms. The fourth-order valence-electron chi connectivity index (χ4n) is 3.16. The van der Waals surface area contributed by atoms with Gasteiger partial charge in [0.1, 0.15) is 12.6 Å². The highest BCUT2D eigenvalue weighted by atomic mass is 16.5. The first kappa shape index (κ1) is 22.1. The predicted octanol–water partition coefficient (Wildman–Crippen LogP) is 3.17. The topological polar surface area (TPSA) is 85.3 Å². The van der Waals surface area contributed by atoms with Crippen LogP contribution in [-0.4, -0.2) is 34.4 Å². The Morgan fingerprint density at radius 3 is 2.32 bits per heavy atom. The second kappa shape index (κ2) is 11.5. The Morgan fingerprint density at radius 2 is 1.68 bits per heavy atom. The van der Waals surface area contributed by atoms with Gasteiger partial charge in [-0.3, -0.25) is 9.48 Å². The van der Waals surface area contributed by atoms with E-state index >= 15 is 0 Å². The van der Waals surface area contributed by atoms with Crippen molar-refractivity contribution in [2.24, 2.45) is 5.92 Å². The molecule has 0 saturated heterocycles. The summed E-state index contributed by atoms with van der Waals surface area (Å²) in [6.07, 6.45) is 3.37. The van der Waals surface area contributed by atoms with E-state index in [0.717, 1.165) is 11.1 Å². The number of alkyl carbamates (subject to hydrolysis) is 1. The molecule has 1 heterocycles. The van der Waals surface area contributed by atoms with Gasteiger partial charge >= 0.3 is 6.09 Å². The van der Waals surface area contributed by atoms with Crippen LogP contribution >= 0.6 is 0 Å². The Labute approximate surface area is 182 Å². The van der Waals surface area contributed by atoms with Crippen LogP contribution in [0.3, 0.4) is 0 Å². The third kappa shape index (κ3) is 7.62. The summed E-state index contributed by atoms with van der Waals surface area (Å²) in [4.78, 5) is 25.2. The first-order chi connectivity index (χ1) is 15.1. The fourth-order valence-corrected chi connectivity index (χ4v) is 3.16. The summed E-state index contributed by atoms with van der Waals surface area (Å²) >= 11 is 0. The lowest BCUT2D eigenvalue weighted by Crippen LogP contribution is -2.49. The second-order valence-electron chi connectivity index (χ2n) is 7.53. The van der Waals surface area contributed by atoms with Crippen molar-refractivity contribution in [3.63, 3.8) is 0 Å². The summed E-state index contributed by atoms with van der Waals surface area (Å²) in [6.45, 7) is 3.36. The Hall–Kier alpha value is -3.61. The van der Waals surface area contributed by atoms with Gasteiger partial charge in [0.2, 0.25) is 5.91 Å². The van der Waals surface area contributed by atoms with Gasteiger partial charge in [0.15, 0.2) is 0 Å². The van der Waals surface area contributed by atoms with E-state index in [0.29, 0.717) is 19.5 Å². The van der Waals surface area contributed by atoms with Gasteiger partial charge in [-0.15, -0.1) is 0 Å². The highest BCUT2D eigenvalue weighted by Crippen LogP contribution is 2.06. The van der Waals surface area contributed by atoms with E-state index in [1.165, 1.54) is 0 Å². The Kier molecular flexibility index (Phi) is 8.22. The van der Waals surface area contributed by atoms with Crippen molar-refractivity contribution in [3.8, 4) is 0 Å². The van der Waals surface area contributed by atoms with Gasteiger partial charge in [0.05, 0.1) is 0 Å². The number of rotatable bonds is 10. The summed E-state index contributed by atoms with van der Waals surface area (Å²) < 4.78 is 7.13. The first-order valence-electron chi connectivity index (χ1n) is 10.4. The molecule has 7 heteroatoms. The number of hydrogen-bond acceptors (Lipinski definition) is 4. The summed E-state index contributed by atoms with van der Waals surface area (Å²) in [6, 6.07) is 20.1. The molecule has 3 aromatic rings. The number of nitrogens with zero attached hydrogens (tertiary/aromatic N) is 2. The molecule has 0 spiro atoms. The lowest BCUT2D eigenvalue weighted by molar-refractivity contribution is -0.123. The molecule has 2 amide bonds. The largest absolute Gasteiger partial charge is 0.445 e. The number of amides is 2. The zero-order valence-electron chi connectivity index (χ0n) is 17.6. The predicted molar refractivity (Wildman–Crippen MR) is 118 cm³/mol. The quantitative estimate of drug-likeness (QED) is 0.528. The van der Waals surface area contributed by atoms with Crippen LogP contribution in [0.2, 0.25) is 0 Å². The number of hydrogen-bond donors (Lipinski definition) is 2. The van der Waals surface area contributed by atoms with Crippen molar-refractivity contribution in [1.82, 2.24) is 20.4 Å².